The fraction of sp³-hybridized carbons (Fsp3) is 0.211. The Morgan fingerprint density at radius 2 is 2.00 bits per heavy atom. The molecule has 0 aliphatic heterocycles. The molecule has 8 heteroatoms. The third-order valence-electron chi connectivity index (χ3n) is 3.34. The van der Waals surface area contributed by atoms with E-state index in [1.807, 2.05) is 13.0 Å². The largest absolute Gasteiger partial charge is 0.497 e. The first-order chi connectivity index (χ1) is 13.0. The maximum Gasteiger partial charge on any atom is 0.329 e. The van der Waals surface area contributed by atoms with Gasteiger partial charge in [0.2, 0.25) is 0 Å². The third-order valence-corrected chi connectivity index (χ3v) is 3.83. The van der Waals surface area contributed by atoms with E-state index in [4.69, 9.17) is 9.47 Å². The minimum atomic E-state index is -0.889. The number of anilines is 1. The van der Waals surface area contributed by atoms with Gasteiger partial charge < -0.3 is 14.8 Å². The molecule has 0 saturated heterocycles. The van der Waals surface area contributed by atoms with Crippen LogP contribution in [0.4, 0.5) is 5.69 Å². The number of halogens is 1. The van der Waals surface area contributed by atoms with Crippen LogP contribution in [0.3, 0.4) is 0 Å². The number of hydrogen-bond donors (Lipinski definition) is 2. The topological polar surface area (TPSA) is 89.0 Å². The number of nitrogens with one attached hydrogen (secondary N) is 2. The molecule has 2 N–H and O–H groups in total. The van der Waals surface area contributed by atoms with Gasteiger partial charge in [0.15, 0.2) is 0 Å². The minimum Gasteiger partial charge on any atom is -0.497 e. The summed E-state index contributed by atoms with van der Waals surface area (Å²) >= 11 is 3.38. The average Bonchev–Trinajstić information content (AvgIpc) is 2.67. The quantitative estimate of drug-likeness (QED) is 0.398. The van der Waals surface area contributed by atoms with E-state index in [9.17, 15) is 9.59 Å². The average molecular weight is 434 g/mol. The number of carbonyl (C=O) groups excluding carboxylic acids is 2. The number of nitrogens with zero attached hydrogens (tertiary/aromatic N) is 1. The Balaban J connectivity index is 1.97. The predicted octanol–water partition coefficient (Wildman–Crippen LogP) is 3.34. The number of hydrogen-bond acceptors (Lipinski definition) is 5. The van der Waals surface area contributed by atoms with Crippen molar-refractivity contribution < 1.29 is 19.1 Å². The second-order valence-electron chi connectivity index (χ2n) is 5.42. The van der Waals surface area contributed by atoms with Gasteiger partial charge in [-0.2, -0.15) is 5.10 Å². The first kappa shape index (κ1) is 20.4. The van der Waals surface area contributed by atoms with Crippen LogP contribution in [0.2, 0.25) is 0 Å². The van der Waals surface area contributed by atoms with E-state index in [1.54, 1.807) is 36.4 Å². The molecular formula is C19H20BrN3O4. The van der Waals surface area contributed by atoms with E-state index in [0.717, 1.165) is 10.9 Å². The van der Waals surface area contributed by atoms with Crippen molar-refractivity contribution in [2.75, 3.05) is 19.0 Å². The maximum atomic E-state index is 11.9. The lowest BCUT2D eigenvalue weighted by Gasteiger charge is -2.08. The third kappa shape index (κ3) is 6.41. The van der Waals surface area contributed by atoms with E-state index in [0.29, 0.717) is 29.4 Å². The van der Waals surface area contributed by atoms with Crippen LogP contribution in [-0.2, 0) is 9.59 Å². The fourth-order valence-electron chi connectivity index (χ4n) is 2.06. The van der Waals surface area contributed by atoms with Crippen LogP contribution in [-0.4, -0.2) is 31.7 Å². The highest BCUT2D eigenvalue weighted by atomic mass is 79.9. The monoisotopic (exact) mass is 433 g/mol. The summed E-state index contributed by atoms with van der Waals surface area (Å²) in [7, 11) is 1.52. The van der Waals surface area contributed by atoms with Crippen molar-refractivity contribution in [2.45, 2.75) is 13.3 Å². The number of carbonyl (C=O) groups is 2. The summed E-state index contributed by atoms with van der Waals surface area (Å²) in [5.41, 5.74) is 3.32. The van der Waals surface area contributed by atoms with Gasteiger partial charge in [-0.3, -0.25) is 9.59 Å². The number of amides is 2. The molecule has 2 rings (SSSR count). The summed E-state index contributed by atoms with van der Waals surface area (Å²) < 4.78 is 11.5. The molecular weight excluding hydrogens is 414 g/mol. The minimum absolute atomic E-state index is 0.445. The lowest BCUT2D eigenvalue weighted by molar-refractivity contribution is -0.136. The van der Waals surface area contributed by atoms with Crippen LogP contribution >= 0.6 is 15.9 Å². The maximum absolute atomic E-state index is 11.9. The highest BCUT2D eigenvalue weighted by Gasteiger charge is 2.13. The summed E-state index contributed by atoms with van der Waals surface area (Å²) in [6.45, 7) is 2.57. The molecule has 0 aliphatic carbocycles. The van der Waals surface area contributed by atoms with Gasteiger partial charge in [-0.1, -0.05) is 28.9 Å². The van der Waals surface area contributed by atoms with Crippen LogP contribution in [0, 0.1) is 0 Å². The molecule has 7 nitrogen and oxygen atoms in total. The molecule has 142 valence electrons. The van der Waals surface area contributed by atoms with E-state index in [1.165, 1.54) is 13.3 Å². The van der Waals surface area contributed by atoms with Gasteiger partial charge in [0.05, 0.1) is 19.9 Å². The van der Waals surface area contributed by atoms with Gasteiger partial charge in [-0.05, 0) is 36.8 Å². The normalized spacial score (nSPS) is 10.5. The van der Waals surface area contributed by atoms with Crippen molar-refractivity contribution in [1.82, 2.24) is 5.43 Å². The molecule has 0 bridgehead atoms. The van der Waals surface area contributed by atoms with Crippen molar-refractivity contribution >= 4 is 39.6 Å². The summed E-state index contributed by atoms with van der Waals surface area (Å²) in [5.74, 6) is -0.517. The summed E-state index contributed by atoms with van der Waals surface area (Å²) in [4.78, 5) is 23.9. The molecule has 0 unspecified atom stereocenters. The van der Waals surface area contributed by atoms with Crippen molar-refractivity contribution in [1.29, 1.82) is 0 Å². The standard InChI is InChI=1S/C19H20BrN3O4/c1-3-9-27-17-8-7-14(20)10-13(17)12-21-23-19(25)18(24)22-15-5-4-6-16(11-15)26-2/h4-8,10-12H,3,9H2,1-2H3,(H,22,24)(H,23,25)/b21-12-. The Hall–Kier alpha value is -2.87. The SMILES string of the molecule is CCCOc1ccc(Br)cc1/C=N\NC(=O)C(=O)Nc1cccc(OC)c1. The van der Waals surface area contributed by atoms with E-state index < -0.39 is 11.8 Å². The number of rotatable bonds is 7. The van der Waals surface area contributed by atoms with Crippen molar-refractivity contribution in [2.24, 2.45) is 5.10 Å². The Morgan fingerprint density at radius 3 is 2.74 bits per heavy atom. The molecule has 2 amide bonds. The van der Waals surface area contributed by atoms with Gasteiger partial charge in [0, 0.05) is 21.8 Å². The van der Waals surface area contributed by atoms with Gasteiger partial charge in [-0.25, -0.2) is 5.43 Å². The lowest BCUT2D eigenvalue weighted by Crippen LogP contribution is -2.32. The molecule has 0 saturated carbocycles. The Labute approximate surface area is 165 Å². The zero-order chi connectivity index (χ0) is 19.6. The van der Waals surface area contributed by atoms with Crippen LogP contribution in [0.15, 0.2) is 52.0 Å². The molecule has 27 heavy (non-hydrogen) atoms. The Morgan fingerprint density at radius 1 is 1.19 bits per heavy atom. The summed E-state index contributed by atoms with van der Waals surface area (Å²) in [6.07, 6.45) is 2.29. The Kier molecular flexibility index (Phi) is 7.81. The van der Waals surface area contributed by atoms with E-state index in [2.05, 4.69) is 31.8 Å². The first-order valence-corrected chi connectivity index (χ1v) is 9.03. The number of methoxy groups -OCH3 is 1. The lowest BCUT2D eigenvalue weighted by atomic mass is 10.2. The Bertz CT molecular complexity index is 839. The van der Waals surface area contributed by atoms with Gasteiger partial charge in [0.1, 0.15) is 11.5 Å². The predicted molar refractivity (Wildman–Crippen MR) is 107 cm³/mol. The number of hydrazone groups is 1. The second kappa shape index (κ2) is 10.3. The zero-order valence-electron chi connectivity index (χ0n) is 15.0. The molecule has 0 radical (unpaired) electrons. The molecule has 0 aromatic heterocycles. The van der Waals surface area contributed by atoms with Crippen molar-refractivity contribution in [3.8, 4) is 11.5 Å². The van der Waals surface area contributed by atoms with Crippen LogP contribution in [0.1, 0.15) is 18.9 Å². The van der Waals surface area contributed by atoms with Gasteiger partial charge in [-0.15, -0.1) is 0 Å². The van der Waals surface area contributed by atoms with Crippen LogP contribution < -0.4 is 20.2 Å². The molecule has 0 atom stereocenters. The van der Waals surface area contributed by atoms with Crippen molar-refractivity contribution in [3.63, 3.8) is 0 Å². The van der Waals surface area contributed by atoms with Crippen LogP contribution in [0.25, 0.3) is 0 Å². The van der Waals surface area contributed by atoms with Crippen LogP contribution in [0.5, 0.6) is 11.5 Å². The highest BCUT2D eigenvalue weighted by molar-refractivity contribution is 9.10. The van der Waals surface area contributed by atoms with Gasteiger partial charge in [0.25, 0.3) is 0 Å². The first-order valence-electron chi connectivity index (χ1n) is 8.24. The number of benzene rings is 2. The second-order valence-corrected chi connectivity index (χ2v) is 6.33. The number of ether oxygens (including phenoxy) is 2. The molecule has 2 aromatic rings. The molecule has 0 spiro atoms. The fourth-order valence-corrected chi connectivity index (χ4v) is 2.44. The molecule has 0 heterocycles. The van der Waals surface area contributed by atoms with E-state index in [-0.39, 0.29) is 0 Å². The van der Waals surface area contributed by atoms with Gasteiger partial charge >= 0.3 is 11.8 Å². The smallest absolute Gasteiger partial charge is 0.329 e. The zero-order valence-corrected chi connectivity index (χ0v) is 16.6. The van der Waals surface area contributed by atoms with Crippen molar-refractivity contribution in [3.05, 3.63) is 52.5 Å². The molecule has 0 aliphatic rings. The molecule has 2 aromatic carbocycles. The highest BCUT2D eigenvalue weighted by Crippen LogP contribution is 2.22. The van der Waals surface area contributed by atoms with E-state index >= 15 is 0 Å². The molecule has 0 fully saturated rings. The summed E-state index contributed by atoms with van der Waals surface area (Å²) in [5, 5.41) is 6.31. The summed E-state index contributed by atoms with van der Waals surface area (Å²) in [6, 6.07) is 12.1.